The number of nitrogens with zero attached hydrogens (tertiary/aromatic N) is 3. The third-order valence-electron chi connectivity index (χ3n) is 8.59. The van der Waals surface area contributed by atoms with Gasteiger partial charge in [-0.3, -0.25) is 14.8 Å². The summed E-state index contributed by atoms with van der Waals surface area (Å²) < 4.78 is 63.4. The molecule has 2 unspecified atom stereocenters. The lowest BCUT2D eigenvalue weighted by molar-refractivity contribution is -0.123. The van der Waals surface area contributed by atoms with E-state index in [1.54, 1.807) is 74.8 Å². The SMILES string of the molecule is CC(c1ccnc2c(Cl)cccc12)C1(C(C)c2ccnc3c(Cl)cccc23)NC(=O)N(c2ccc(S(=O)(=O)C(F)(F)F)cc2)C1=O. The maximum absolute atomic E-state index is 14.8. The second kappa shape index (κ2) is 11.2. The van der Waals surface area contributed by atoms with Crippen LogP contribution in [0, 0.1) is 0 Å². The van der Waals surface area contributed by atoms with E-state index in [1.165, 1.54) is 0 Å². The van der Waals surface area contributed by atoms with Gasteiger partial charge < -0.3 is 5.32 Å². The minimum atomic E-state index is -5.65. The number of amides is 3. The van der Waals surface area contributed by atoms with Crippen LogP contribution in [0.2, 0.25) is 10.0 Å². The van der Waals surface area contributed by atoms with Crippen LogP contribution >= 0.6 is 23.2 Å². The lowest BCUT2D eigenvalue weighted by Gasteiger charge is -2.39. The second-order valence-corrected chi connectivity index (χ2v) is 13.7. The van der Waals surface area contributed by atoms with Crippen LogP contribution in [0.3, 0.4) is 0 Å². The highest BCUT2D eigenvalue weighted by Crippen LogP contribution is 2.48. The Hall–Kier alpha value is -4.26. The molecule has 1 aliphatic heterocycles. The zero-order valence-electron chi connectivity index (χ0n) is 24.0. The van der Waals surface area contributed by atoms with E-state index < -0.39 is 49.6 Å². The van der Waals surface area contributed by atoms with Gasteiger partial charge in [0.1, 0.15) is 5.54 Å². The summed E-state index contributed by atoms with van der Waals surface area (Å²) in [5.74, 6) is -2.18. The Balaban J connectivity index is 1.54. The van der Waals surface area contributed by atoms with Gasteiger partial charge in [0, 0.05) is 35.0 Å². The molecule has 14 heteroatoms. The monoisotopic (exact) mass is 686 g/mol. The molecule has 236 valence electrons. The van der Waals surface area contributed by atoms with Crippen molar-refractivity contribution in [2.45, 2.75) is 41.6 Å². The molecule has 0 spiro atoms. The van der Waals surface area contributed by atoms with Crippen molar-refractivity contribution in [3.63, 3.8) is 0 Å². The highest BCUT2D eigenvalue weighted by Gasteiger charge is 2.59. The number of benzene rings is 3. The Labute approximate surface area is 271 Å². The number of rotatable bonds is 6. The number of alkyl halides is 3. The summed E-state index contributed by atoms with van der Waals surface area (Å²) in [5.41, 5.74) is -5.03. The molecule has 1 saturated heterocycles. The Bertz CT molecular complexity index is 2070. The zero-order valence-corrected chi connectivity index (χ0v) is 26.3. The normalized spacial score (nSPS) is 18.6. The number of aromatic nitrogens is 2. The van der Waals surface area contributed by atoms with Crippen molar-refractivity contribution in [1.82, 2.24) is 15.3 Å². The number of anilines is 1. The van der Waals surface area contributed by atoms with E-state index >= 15 is 0 Å². The smallest absolute Gasteiger partial charge is 0.322 e. The van der Waals surface area contributed by atoms with E-state index in [-0.39, 0.29) is 5.69 Å². The molecule has 46 heavy (non-hydrogen) atoms. The van der Waals surface area contributed by atoms with Gasteiger partial charge in [-0.25, -0.2) is 18.1 Å². The number of urea groups is 1. The summed E-state index contributed by atoms with van der Waals surface area (Å²) in [7, 11) is -5.65. The minimum absolute atomic E-state index is 0.116. The standard InChI is InChI=1S/C32H23Cl2F3N4O4S/c1-17(21-13-15-38-27-23(21)5-3-7-25(27)33)31(18(2)22-14-16-39-28-24(22)6-4-8-26(28)34)29(42)41(30(43)40-31)19-9-11-20(12-10-19)46(44,45)32(35,36)37/h3-18H,1-2H3,(H,40,43). The first kappa shape index (κ1) is 31.7. The van der Waals surface area contributed by atoms with Gasteiger partial charge in [-0.2, -0.15) is 13.2 Å². The molecule has 0 bridgehead atoms. The summed E-state index contributed by atoms with van der Waals surface area (Å²) in [4.78, 5) is 37.1. The molecule has 0 radical (unpaired) electrons. The molecular weight excluding hydrogens is 664 g/mol. The molecule has 3 heterocycles. The number of nitrogens with one attached hydrogen (secondary N) is 1. The molecule has 6 rings (SSSR count). The molecule has 8 nitrogen and oxygen atoms in total. The topological polar surface area (TPSA) is 109 Å². The van der Waals surface area contributed by atoms with Crippen molar-refractivity contribution in [1.29, 1.82) is 0 Å². The van der Waals surface area contributed by atoms with Crippen LogP contribution in [0.1, 0.15) is 36.8 Å². The number of hydrogen-bond acceptors (Lipinski definition) is 6. The van der Waals surface area contributed by atoms with Crippen molar-refractivity contribution < 1.29 is 31.2 Å². The van der Waals surface area contributed by atoms with Gasteiger partial charge in [0.05, 0.1) is 31.7 Å². The van der Waals surface area contributed by atoms with Crippen molar-refractivity contribution in [2.75, 3.05) is 4.90 Å². The molecule has 0 saturated carbocycles. The fourth-order valence-corrected chi connectivity index (χ4v) is 7.44. The molecule has 1 fully saturated rings. The van der Waals surface area contributed by atoms with E-state index in [9.17, 15) is 31.2 Å². The number of halogens is 5. The highest BCUT2D eigenvalue weighted by atomic mass is 35.5. The highest BCUT2D eigenvalue weighted by molar-refractivity contribution is 7.92. The van der Waals surface area contributed by atoms with Crippen LogP contribution in [-0.4, -0.2) is 41.4 Å². The van der Waals surface area contributed by atoms with Gasteiger partial charge in [0.25, 0.3) is 15.7 Å². The van der Waals surface area contributed by atoms with Crippen LogP contribution in [-0.2, 0) is 14.6 Å². The van der Waals surface area contributed by atoms with Gasteiger partial charge >= 0.3 is 11.5 Å². The predicted octanol–water partition coefficient (Wildman–Crippen LogP) is 7.79. The Morgan fingerprint density at radius 1 is 0.783 bits per heavy atom. The Kier molecular flexibility index (Phi) is 7.73. The minimum Gasteiger partial charge on any atom is -0.322 e. The largest absolute Gasteiger partial charge is 0.501 e. The summed E-state index contributed by atoms with van der Waals surface area (Å²) in [6.45, 7) is 3.56. The fourth-order valence-electron chi connectivity index (χ4n) is 6.24. The van der Waals surface area contributed by atoms with Crippen molar-refractivity contribution in [2.24, 2.45) is 0 Å². The number of sulfone groups is 1. The van der Waals surface area contributed by atoms with Crippen LogP contribution < -0.4 is 10.2 Å². The second-order valence-electron chi connectivity index (χ2n) is 10.9. The van der Waals surface area contributed by atoms with Crippen LogP contribution in [0.5, 0.6) is 0 Å². The maximum atomic E-state index is 14.8. The van der Waals surface area contributed by atoms with Gasteiger partial charge in [0.2, 0.25) is 0 Å². The van der Waals surface area contributed by atoms with E-state index in [4.69, 9.17) is 23.2 Å². The van der Waals surface area contributed by atoms with E-state index in [0.717, 1.165) is 17.0 Å². The number of imide groups is 1. The average molecular weight is 688 g/mol. The van der Waals surface area contributed by atoms with E-state index in [2.05, 4.69) is 15.3 Å². The first-order valence-corrected chi connectivity index (χ1v) is 16.1. The zero-order chi connectivity index (χ0) is 33.2. The average Bonchev–Trinajstić information content (AvgIpc) is 3.30. The van der Waals surface area contributed by atoms with E-state index in [1.807, 2.05) is 0 Å². The van der Waals surface area contributed by atoms with Crippen LogP contribution in [0.15, 0.2) is 90.1 Å². The lowest BCUT2D eigenvalue weighted by Crippen LogP contribution is -2.55. The maximum Gasteiger partial charge on any atom is 0.501 e. The van der Waals surface area contributed by atoms with Crippen LogP contribution in [0.25, 0.3) is 21.8 Å². The van der Waals surface area contributed by atoms with Crippen molar-refractivity contribution in [3.8, 4) is 0 Å². The number of carbonyl (C=O) groups excluding carboxylic acids is 2. The molecule has 1 N–H and O–H groups in total. The summed E-state index contributed by atoms with van der Waals surface area (Å²) in [6, 6.07) is 16.5. The fraction of sp³-hybridized carbons (Fsp3) is 0.188. The first-order valence-electron chi connectivity index (χ1n) is 13.8. The number of para-hydroxylation sites is 2. The third kappa shape index (κ3) is 4.78. The van der Waals surface area contributed by atoms with Crippen molar-refractivity contribution >= 4 is 72.5 Å². The van der Waals surface area contributed by atoms with Gasteiger partial charge in [-0.1, -0.05) is 61.3 Å². The van der Waals surface area contributed by atoms with Crippen LogP contribution in [0.4, 0.5) is 23.7 Å². The molecule has 5 aromatic rings. The third-order valence-corrected chi connectivity index (χ3v) is 10.7. The number of hydrogen-bond donors (Lipinski definition) is 1. The van der Waals surface area contributed by atoms with Crippen molar-refractivity contribution in [3.05, 3.63) is 106 Å². The van der Waals surface area contributed by atoms with Gasteiger partial charge in [0.15, 0.2) is 0 Å². The summed E-state index contributed by atoms with van der Waals surface area (Å²) in [5, 5.41) is 5.01. The molecule has 0 aliphatic carbocycles. The summed E-state index contributed by atoms with van der Waals surface area (Å²) >= 11 is 12.9. The molecule has 2 aromatic heterocycles. The van der Waals surface area contributed by atoms with Gasteiger partial charge in [-0.05, 0) is 59.7 Å². The summed E-state index contributed by atoms with van der Waals surface area (Å²) in [6.07, 6.45) is 3.11. The number of fused-ring (bicyclic) bond motifs is 2. The molecule has 1 aliphatic rings. The molecule has 2 atom stereocenters. The Morgan fingerprint density at radius 2 is 1.26 bits per heavy atom. The molecule has 3 aromatic carbocycles. The lowest BCUT2D eigenvalue weighted by atomic mass is 9.69. The molecule has 3 amide bonds. The number of pyridine rings is 2. The quantitative estimate of drug-likeness (QED) is 0.183. The predicted molar refractivity (Wildman–Crippen MR) is 169 cm³/mol. The number of carbonyl (C=O) groups is 2. The Morgan fingerprint density at radius 3 is 1.72 bits per heavy atom. The first-order chi connectivity index (χ1) is 21.7. The van der Waals surface area contributed by atoms with E-state index in [0.29, 0.717) is 55.1 Å². The molecular formula is C32H23Cl2F3N4O4S. The van der Waals surface area contributed by atoms with Gasteiger partial charge in [-0.15, -0.1) is 0 Å².